The van der Waals surface area contributed by atoms with E-state index in [2.05, 4.69) is 95.0 Å². The molecule has 40 nitrogen and oxygen atoms in total. The summed E-state index contributed by atoms with van der Waals surface area (Å²) in [5.41, 5.74) is 35.4. The van der Waals surface area contributed by atoms with Gasteiger partial charge in [0.1, 0.15) is 46.2 Å². The Labute approximate surface area is 886 Å². The lowest BCUT2D eigenvalue weighted by atomic mass is 9.87. The molecular weight excluding hydrogens is 2050 g/mol. The number of thioether (sulfide) groups is 2. The number of rotatable bonds is 64. The summed E-state index contributed by atoms with van der Waals surface area (Å²) < 4.78 is 22.0. The van der Waals surface area contributed by atoms with Gasteiger partial charge in [-0.1, -0.05) is 110 Å². The van der Waals surface area contributed by atoms with Crippen molar-refractivity contribution < 1.29 is 106 Å². The van der Waals surface area contributed by atoms with Crippen molar-refractivity contribution in [2.75, 3.05) is 152 Å². The number of nitrogens with two attached hydrogens (primary N) is 6. The van der Waals surface area contributed by atoms with Crippen LogP contribution < -0.4 is 87.6 Å². The van der Waals surface area contributed by atoms with Gasteiger partial charge in [-0.15, -0.1) is 0 Å². The topological polar surface area (TPSA) is 652 Å². The third-order valence-corrected chi connectivity index (χ3v) is 28.7. The molecule has 2 saturated heterocycles. The maximum absolute atomic E-state index is 14.2. The number of guanidine groups is 2. The Kier molecular flexibility index (Phi) is 72.8. The fourth-order valence-electron chi connectivity index (χ4n) is 16.2. The molecular formula is C102H168Br2N18O22S2. The number of phenols is 2. The number of phenolic OH excluding ortho intramolecular Hbond substituents is 2. The molecule has 2 aliphatic heterocycles. The largest absolute Gasteiger partial charge is 0.508 e. The summed E-state index contributed by atoms with van der Waals surface area (Å²) in [5.74, 6) is -3.80. The predicted octanol–water partition coefficient (Wildman–Crippen LogP) is 5.04. The Bertz CT molecular complexity index is 4020. The molecule has 0 bridgehead atoms. The average Bonchev–Trinajstić information content (AvgIpc) is 1.06. The molecule has 2 fully saturated rings. The first-order valence-corrected chi connectivity index (χ1v) is 56.2. The van der Waals surface area contributed by atoms with Crippen LogP contribution in [0.5, 0.6) is 11.5 Å². The lowest BCUT2D eigenvalue weighted by Gasteiger charge is -2.25. The first-order valence-electron chi connectivity index (χ1n) is 51.7. The molecule has 12 atom stereocenters. The highest BCUT2D eigenvalue weighted by atomic mass is 79.9. The van der Waals surface area contributed by atoms with Crippen LogP contribution in [0.15, 0.2) is 58.5 Å². The van der Waals surface area contributed by atoms with Crippen molar-refractivity contribution in [3.63, 3.8) is 0 Å². The summed E-state index contributed by atoms with van der Waals surface area (Å²) in [6.07, 6.45) is 12.4. The van der Waals surface area contributed by atoms with Gasteiger partial charge < -0.3 is 117 Å². The normalized spacial score (nSPS) is 19.0. The minimum Gasteiger partial charge on any atom is -0.508 e. The Morgan fingerprint density at radius 3 is 1.16 bits per heavy atom. The first-order chi connectivity index (χ1) is 70.0. The van der Waals surface area contributed by atoms with Gasteiger partial charge in [0.25, 0.3) is 0 Å². The minimum absolute atomic E-state index is 0.00781. The summed E-state index contributed by atoms with van der Waals surface area (Å²) in [4.78, 5) is 217. The molecule has 146 heavy (non-hydrogen) atoms. The molecule has 44 heteroatoms. The number of aliphatic imine (C=N–C) groups is 2. The number of unbranched alkanes of at least 4 members (excludes halogenated alkanes) is 2. The van der Waals surface area contributed by atoms with Crippen molar-refractivity contribution in [3.05, 3.63) is 59.7 Å². The maximum Gasteiger partial charge on any atom is 0.234 e. The van der Waals surface area contributed by atoms with Crippen LogP contribution in [0, 0.1) is 35.5 Å². The molecule has 8 amide bonds. The predicted molar refractivity (Wildman–Crippen MR) is 574 cm³/mol. The summed E-state index contributed by atoms with van der Waals surface area (Å²) in [6, 6.07) is 8.61. The smallest absolute Gasteiger partial charge is 0.234 e. The SMILES string of the molecule is CC[C@H](C)[C@@H]1NC(=O)CCNC(=O)CSCC[C@@H](C(=O)CC[C@@H](CCCN=C(N)N)CN[C@@H](Cc2ccc(O)cc2)C(N)=O)NCC(=O)[C@H](CCCCNC(=O)CCOCCOCCCC(=O)CBr)CCC1=O.CC[C@H](C)[C@@H]1NC(=O)CCNC(=O)CSCC[C@@H](C(=O)CC[C@@H](CCCN=C(N)N)CN[C@@H](Cc2ccc(O)cc2)C(N)=O)NCC(=O)[C@H](CCCCNC(=O)CCOCCOCCCC(=O)CBr)CCC1=O. The van der Waals surface area contributed by atoms with Crippen molar-refractivity contribution in [1.82, 2.24) is 53.2 Å². The van der Waals surface area contributed by atoms with E-state index >= 15 is 0 Å². The van der Waals surface area contributed by atoms with E-state index < -0.39 is 59.9 Å². The molecule has 4 rings (SSSR count). The molecule has 0 unspecified atom stereocenters. The van der Waals surface area contributed by atoms with E-state index in [9.17, 15) is 86.9 Å². The van der Waals surface area contributed by atoms with Crippen LogP contribution in [0.4, 0.5) is 0 Å². The van der Waals surface area contributed by atoms with Crippen molar-refractivity contribution in [1.29, 1.82) is 0 Å². The average molecular weight is 2220 g/mol. The highest BCUT2D eigenvalue weighted by molar-refractivity contribution is 9.09. The van der Waals surface area contributed by atoms with Gasteiger partial charge in [-0.25, -0.2) is 0 Å². The van der Waals surface area contributed by atoms with Crippen LogP contribution >= 0.6 is 55.4 Å². The van der Waals surface area contributed by atoms with Crippen LogP contribution in [0.1, 0.15) is 231 Å². The number of carbonyl (C=O) groups excluding carboxylic acids is 16. The zero-order valence-corrected chi connectivity index (χ0v) is 90.9. The van der Waals surface area contributed by atoms with Crippen LogP contribution in [0.3, 0.4) is 0 Å². The lowest BCUT2D eigenvalue weighted by molar-refractivity contribution is -0.130. The number of hydrogen-bond donors (Lipinski definition) is 18. The number of aromatic hydroxyl groups is 2. The van der Waals surface area contributed by atoms with Gasteiger partial charge >= 0.3 is 0 Å². The van der Waals surface area contributed by atoms with Gasteiger partial charge in [0.05, 0.1) is 111 Å². The number of alkyl halides is 2. The highest BCUT2D eigenvalue weighted by Gasteiger charge is 2.33. The number of Topliss-reactive ketones (excluding diaryl/α,β-unsaturated/α-hetero) is 8. The third-order valence-electron chi connectivity index (χ3n) is 25.4. The summed E-state index contributed by atoms with van der Waals surface area (Å²) >= 11 is 8.95. The quantitative estimate of drug-likeness (QED) is 0.0178. The van der Waals surface area contributed by atoms with Crippen molar-refractivity contribution in [2.24, 2.45) is 79.9 Å². The molecule has 2 aromatic carbocycles. The van der Waals surface area contributed by atoms with E-state index in [0.29, 0.717) is 242 Å². The molecule has 0 aliphatic carbocycles. The number of primary amides is 2. The lowest BCUT2D eigenvalue weighted by Crippen LogP contribution is -2.46. The third kappa shape index (κ3) is 63.8. The second-order valence-electron chi connectivity index (χ2n) is 37.2. The molecule has 2 aromatic rings. The minimum atomic E-state index is -0.763. The fraction of sp³-hybridized carbons (Fsp3) is 0.706. The summed E-state index contributed by atoms with van der Waals surface area (Å²) in [6.45, 7) is 12.6. The number of carbonyl (C=O) groups is 16. The summed E-state index contributed by atoms with van der Waals surface area (Å²) in [5, 5.41) is 50.2. The second kappa shape index (κ2) is 81.0. The molecule has 0 spiro atoms. The van der Waals surface area contributed by atoms with Gasteiger partial charge in [-0.2, -0.15) is 23.5 Å². The number of ether oxygens (including phenoxy) is 4. The number of benzene rings is 2. The van der Waals surface area contributed by atoms with E-state index in [1.54, 1.807) is 24.3 Å². The van der Waals surface area contributed by atoms with Crippen molar-refractivity contribution in [2.45, 2.75) is 269 Å². The monoisotopic (exact) mass is 2220 g/mol. The van der Waals surface area contributed by atoms with Crippen molar-refractivity contribution in [3.8, 4) is 11.5 Å². The van der Waals surface area contributed by atoms with Gasteiger partial charge in [0, 0.05) is 129 Å². The number of amides is 8. The molecule has 24 N–H and O–H groups in total. The van der Waals surface area contributed by atoms with Crippen LogP contribution in [-0.2, 0) is 109 Å². The van der Waals surface area contributed by atoms with E-state index in [-0.39, 0.29) is 244 Å². The Hall–Kier alpha value is -8.96. The number of ketones is 8. The molecule has 0 aromatic heterocycles. The second-order valence-corrected chi connectivity index (χ2v) is 40.6. The highest BCUT2D eigenvalue weighted by Crippen LogP contribution is 2.26. The standard InChI is InChI=1S/2C51H84BrN9O11S/c2*1-3-35(2)49-44(65)18-14-38(9-4-5-22-56-46(67)20-26-72-28-27-71-25-7-10-40(63)31-52)45(66)33-60-41(21-29-73-34-48(69)57-24-19-47(68)61-49)43(64)17-13-37(8-6-23-58-51(54)55)32-59-42(50(53)70)30-36-11-15-39(62)16-12-36/h2*11-12,15-16,35,37-38,41-42,49,59-60,62H,3-10,13-14,17-34H2,1-2H3,(H2,53,70)(H,56,67)(H,57,69)(H,61,68)(H4,54,55,58)/t2*35-,37+,38+,41-,42-,49-/m00/s1. The number of halogens is 2. The molecule has 2 aliphatic rings. The van der Waals surface area contributed by atoms with Crippen LogP contribution in [0.2, 0.25) is 0 Å². The van der Waals surface area contributed by atoms with Gasteiger partial charge in [-0.05, 0) is 199 Å². The van der Waals surface area contributed by atoms with Gasteiger partial charge in [0.2, 0.25) is 47.3 Å². The van der Waals surface area contributed by atoms with Crippen LogP contribution in [0.25, 0.3) is 0 Å². The molecule has 0 saturated carbocycles. The van der Waals surface area contributed by atoms with Gasteiger partial charge in [0.15, 0.2) is 23.5 Å². The Morgan fingerprint density at radius 2 is 0.815 bits per heavy atom. The zero-order chi connectivity index (χ0) is 108. The first kappa shape index (κ1) is 131. The zero-order valence-electron chi connectivity index (χ0n) is 86.1. The molecule has 824 valence electrons. The Morgan fingerprint density at radius 1 is 0.445 bits per heavy atom. The van der Waals surface area contributed by atoms with E-state index in [1.807, 2.05) is 27.7 Å². The van der Waals surface area contributed by atoms with E-state index in [0.717, 1.165) is 11.1 Å². The molecule has 0 radical (unpaired) electrons. The van der Waals surface area contributed by atoms with Crippen molar-refractivity contribution >= 4 is 161 Å². The number of nitrogens with one attached hydrogen (secondary N) is 10. The Balaban J connectivity index is 0.000000750. The van der Waals surface area contributed by atoms with E-state index in [4.69, 9.17) is 53.3 Å². The van der Waals surface area contributed by atoms with Gasteiger partial charge in [-0.3, -0.25) is 86.7 Å². The summed E-state index contributed by atoms with van der Waals surface area (Å²) in [7, 11) is 0. The van der Waals surface area contributed by atoms with Crippen LogP contribution in [-0.4, -0.2) is 304 Å². The number of hydrogen-bond acceptors (Lipinski definition) is 30. The fourth-order valence-corrected chi connectivity index (χ4v) is 18.4. The molecule has 2 heterocycles. The van der Waals surface area contributed by atoms with E-state index in [1.165, 1.54) is 47.8 Å². The number of nitrogens with zero attached hydrogens (tertiary/aromatic N) is 2. The maximum atomic E-state index is 14.2.